The molecule has 0 saturated heterocycles. The van der Waals surface area contributed by atoms with Crippen molar-refractivity contribution in [2.45, 2.75) is 6.54 Å². The molecule has 0 N–H and O–H groups in total. The Morgan fingerprint density at radius 1 is 1.15 bits per heavy atom. The van der Waals surface area contributed by atoms with Crippen LogP contribution in [-0.4, -0.2) is 28.9 Å². The first-order valence-corrected chi connectivity index (χ1v) is 8.12. The zero-order chi connectivity index (χ0) is 18.3. The predicted octanol–water partition coefficient (Wildman–Crippen LogP) is 1.33. The van der Waals surface area contributed by atoms with Crippen molar-refractivity contribution in [2.24, 2.45) is 7.05 Å². The number of hydrogen-bond acceptors (Lipinski definition) is 5. The molecule has 130 valence electrons. The van der Waals surface area contributed by atoms with Gasteiger partial charge in [0, 0.05) is 25.6 Å². The quantitative estimate of drug-likeness (QED) is 0.509. The molecule has 0 bridgehead atoms. The van der Waals surface area contributed by atoms with Gasteiger partial charge in [0.1, 0.15) is 5.15 Å². The van der Waals surface area contributed by atoms with Gasteiger partial charge in [0.2, 0.25) is 0 Å². The number of rotatable bonds is 3. The van der Waals surface area contributed by atoms with Crippen LogP contribution in [0, 0.1) is 0 Å². The molecule has 0 aromatic carbocycles. The number of hydrogen-bond donors (Lipinski definition) is 0. The van der Waals surface area contributed by atoms with E-state index >= 15 is 0 Å². The summed E-state index contributed by atoms with van der Waals surface area (Å²) in [5.74, 6) is 0.317. The summed E-state index contributed by atoms with van der Waals surface area (Å²) >= 11 is 5.81. The number of pyridine rings is 2. The summed E-state index contributed by atoms with van der Waals surface area (Å²) in [6.45, 7) is 0.407. The highest BCUT2D eigenvalue weighted by Gasteiger charge is 2.18. The normalized spacial score (nSPS) is 11.2. The molecule has 0 spiro atoms. The van der Waals surface area contributed by atoms with Crippen molar-refractivity contribution in [3.63, 3.8) is 0 Å². The van der Waals surface area contributed by atoms with Crippen LogP contribution in [0.5, 0.6) is 0 Å². The number of aromatic nitrogens is 6. The number of halogens is 1. The van der Waals surface area contributed by atoms with Gasteiger partial charge in [-0.2, -0.15) is 10.1 Å². The lowest BCUT2D eigenvalue weighted by Gasteiger charge is -2.14. The summed E-state index contributed by atoms with van der Waals surface area (Å²) < 4.78 is 4.27. The van der Waals surface area contributed by atoms with E-state index < -0.39 is 11.2 Å². The summed E-state index contributed by atoms with van der Waals surface area (Å²) in [6.07, 6.45) is 6.44. The molecule has 26 heavy (non-hydrogen) atoms. The van der Waals surface area contributed by atoms with Gasteiger partial charge in [-0.3, -0.25) is 9.48 Å². The largest absolute Gasteiger partial charge is 0.357 e. The lowest BCUT2D eigenvalue weighted by Crippen LogP contribution is -2.36. The van der Waals surface area contributed by atoms with Crippen LogP contribution < -0.4 is 11.2 Å². The van der Waals surface area contributed by atoms with E-state index in [0.717, 1.165) is 10.1 Å². The Hall–Kier alpha value is -3.26. The molecule has 4 rings (SSSR count). The first-order valence-electron chi connectivity index (χ1n) is 7.74. The smallest absolute Gasteiger partial charge is 0.328 e. The van der Waals surface area contributed by atoms with Gasteiger partial charge in [-0.25, -0.2) is 14.3 Å². The lowest BCUT2D eigenvalue weighted by atomic mass is 10.2. The molecule has 2 aliphatic heterocycles. The summed E-state index contributed by atoms with van der Waals surface area (Å²) in [5.41, 5.74) is 0.519. The second-order valence-electron chi connectivity index (χ2n) is 5.77. The maximum absolute atomic E-state index is 12.9. The fourth-order valence-corrected chi connectivity index (χ4v) is 2.87. The van der Waals surface area contributed by atoms with Crippen LogP contribution in [0.15, 0.2) is 58.6 Å². The number of nitrogens with zero attached hydrogens (tertiary/aromatic N) is 6. The van der Waals surface area contributed by atoms with E-state index in [1.165, 1.54) is 10.9 Å². The SMILES string of the molecule is Cn1cc(-n2c(=O)nc3n(Cc4ccc(Cl)nc4)cccc-3c2=O)cn1. The molecule has 2 aliphatic rings. The number of aryl methyl sites for hydroxylation is 1. The summed E-state index contributed by atoms with van der Waals surface area (Å²) in [6, 6.07) is 6.90. The highest BCUT2D eigenvalue weighted by atomic mass is 35.5. The van der Waals surface area contributed by atoms with Gasteiger partial charge in [0.15, 0.2) is 5.82 Å². The average molecular weight is 369 g/mol. The Kier molecular flexibility index (Phi) is 3.89. The first kappa shape index (κ1) is 16.2. The van der Waals surface area contributed by atoms with Crippen LogP contribution in [-0.2, 0) is 13.6 Å². The molecule has 0 unspecified atom stereocenters. The van der Waals surface area contributed by atoms with Crippen LogP contribution in [0.3, 0.4) is 0 Å². The van der Waals surface area contributed by atoms with E-state index in [9.17, 15) is 9.59 Å². The highest BCUT2D eigenvalue weighted by Crippen LogP contribution is 2.16. The zero-order valence-corrected chi connectivity index (χ0v) is 14.5. The van der Waals surface area contributed by atoms with Gasteiger partial charge in [-0.05, 0) is 23.8 Å². The summed E-state index contributed by atoms with van der Waals surface area (Å²) in [5, 5.41) is 4.40. The Morgan fingerprint density at radius 3 is 2.69 bits per heavy atom. The van der Waals surface area contributed by atoms with Gasteiger partial charge in [-0.15, -0.1) is 0 Å². The fraction of sp³-hybridized carbons (Fsp3) is 0.118. The molecule has 0 radical (unpaired) electrons. The third kappa shape index (κ3) is 2.80. The van der Waals surface area contributed by atoms with Crippen molar-refractivity contribution < 1.29 is 0 Å². The third-order valence-electron chi connectivity index (χ3n) is 3.96. The minimum Gasteiger partial charge on any atom is -0.328 e. The van der Waals surface area contributed by atoms with Crippen molar-refractivity contribution in [1.29, 1.82) is 0 Å². The van der Waals surface area contributed by atoms with Gasteiger partial charge in [0.25, 0.3) is 5.56 Å². The Bertz CT molecular complexity index is 1180. The fourth-order valence-electron chi connectivity index (χ4n) is 2.76. The van der Waals surface area contributed by atoms with E-state index in [2.05, 4.69) is 15.1 Å². The van der Waals surface area contributed by atoms with Crippen LogP contribution in [0.1, 0.15) is 5.56 Å². The van der Waals surface area contributed by atoms with E-state index in [0.29, 0.717) is 28.8 Å². The minimum atomic E-state index is -0.648. The van der Waals surface area contributed by atoms with E-state index in [-0.39, 0.29) is 0 Å². The van der Waals surface area contributed by atoms with Crippen LogP contribution in [0.4, 0.5) is 0 Å². The maximum atomic E-state index is 12.9. The third-order valence-corrected chi connectivity index (χ3v) is 4.18. The molecule has 9 heteroatoms. The molecule has 0 fully saturated rings. The maximum Gasteiger partial charge on any atom is 0.357 e. The monoisotopic (exact) mass is 368 g/mol. The number of fused-ring (bicyclic) bond motifs is 1. The van der Waals surface area contributed by atoms with Crippen molar-refractivity contribution in [3.8, 4) is 17.1 Å². The summed E-state index contributed by atoms with van der Waals surface area (Å²) in [7, 11) is 1.71. The van der Waals surface area contributed by atoms with Gasteiger partial charge in [-0.1, -0.05) is 17.7 Å². The molecular formula is C17H13ClN6O2. The highest BCUT2D eigenvalue weighted by molar-refractivity contribution is 6.29. The van der Waals surface area contributed by atoms with Gasteiger partial charge < -0.3 is 4.57 Å². The van der Waals surface area contributed by atoms with Crippen molar-refractivity contribution in [2.75, 3.05) is 0 Å². The summed E-state index contributed by atoms with van der Waals surface area (Å²) in [4.78, 5) is 33.5. The second kappa shape index (κ2) is 6.23. The molecule has 2 aromatic heterocycles. The average Bonchev–Trinajstić information content (AvgIpc) is 3.04. The predicted molar refractivity (Wildman–Crippen MR) is 95.8 cm³/mol. The standard InChI is InChI=1S/C17H13ClN6O2/c1-22-10-12(8-20-22)24-16(25)13-3-2-6-23(15(13)21-17(24)26)9-11-4-5-14(18)19-7-11/h2-8,10H,9H2,1H3. The van der Waals surface area contributed by atoms with Gasteiger partial charge in [0.05, 0.1) is 24.0 Å². The molecule has 8 nitrogen and oxygen atoms in total. The Labute approximate surface area is 152 Å². The van der Waals surface area contributed by atoms with Crippen molar-refractivity contribution in [1.82, 2.24) is 28.9 Å². The molecule has 0 saturated carbocycles. The molecule has 0 atom stereocenters. The molecular weight excluding hydrogens is 356 g/mol. The van der Waals surface area contributed by atoms with E-state index in [1.807, 2.05) is 6.07 Å². The van der Waals surface area contributed by atoms with E-state index in [1.54, 1.807) is 48.4 Å². The van der Waals surface area contributed by atoms with Crippen molar-refractivity contribution >= 4 is 11.6 Å². The van der Waals surface area contributed by atoms with E-state index in [4.69, 9.17) is 11.6 Å². The lowest BCUT2D eigenvalue weighted by molar-refractivity contribution is 0.748. The zero-order valence-electron chi connectivity index (χ0n) is 13.7. The van der Waals surface area contributed by atoms with Crippen molar-refractivity contribution in [3.05, 3.63) is 80.6 Å². The molecule has 0 amide bonds. The molecule has 2 aromatic rings. The Balaban J connectivity index is 1.86. The van der Waals surface area contributed by atoms with Crippen LogP contribution >= 0.6 is 11.6 Å². The minimum absolute atomic E-state index is 0.317. The molecule has 0 aliphatic carbocycles. The first-order chi connectivity index (χ1) is 12.5. The van der Waals surface area contributed by atoms with Crippen LogP contribution in [0.25, 0.3) is 17.1 Å². The molecule has 4 heterocycles. The second-order valence-corrected chi connectivity index (χ2v) is 6.16. The van der Waals surface area contributed by atoms with Crippen LogP contribution in [0.2, 0.25) is 5.15 Å². The topological polar surface area (TPSA) is 87.6 Å². The Morgan fingerprint density at radius 2 is 2.00 bits per heavy atom. The van der Waals surface area contributed by atoms with Gasteiger partial charge >= 0.3 is 5.69 Å².